The van der Waals surface area contributed by atoms with E-state index in [0.717, 1.165) is 5.56 Å². The molecule has 2 N–H and O–H groups in total. The van der Waals surface area contributed by atoms with Crippen molar-refractivity contribution in [1.82, 2.24) is 4.90 Å². The molecule has 2 atom stereocenters. The number of benzene rings is 2. The maximum Gasteiger partial charge on any atom is 0.254 e. The number of ether oxygens (including phenoxy) is 1. The van der Waals surface area contributed by atoms with E-state index in [1.165, 1.54) is 0 Å². The molecule has 2 amide bonds. The maximum absolute atomic E-state index is 13.0. The molecule has 1 heterocycles. The summed E-state index contributed by atoms with van der Waals surface area (Å²) in [5.41, 5.74) is 7.22. The first kappa shape index (κ1) is 16.2. The van der Waals surface area contributed by atoms with Crippen LogP contribution in [0, 0.1) is 0 Å². The highest BCUT2D eigenvalue weighted by atomic mass is 16.5. The SMILES string of the molecule is C[C@H]1CN(C(=O)c2ccc(C(N)=O)cc2)[C@@H](c2ccccc2)CO1. The first-order chi connectivity index (χ1) is 11.6. The molecule has 5 nitrogen and oxygen atoms in total. The van der Waals surface area contributed by atoms with Crippen molar-refractivity contribution in [1.29, 1.82) is 0 Å². The zero-order valence-electron chi connectivity index (χ0n) is 13.5. The van der Waals surface area contributed by atoms with Crippen molar-refractivity contribution < 1.29 is 14.3 Å². The van der Waals surface area contributed by atoms with Crippen molar-refractivity contribution in [2.45, 2.75) is 19.1 Å². The fourth-order valence-electron chi connectivity index (χ4n) is 2.92. The highest BCUT2D eigenvalue weighted by Crippen LogP contribution is 2.27. The number of nitrogens with zero attached hydrogens (tertiary/aromatic N) is 1. The quantitative estimate of drug-likeness (QED) is 0.942. The minimum absolute atomic E-state index is 0.0150. The average Bonchev–Trinajstić information content (AvgIpc) is 2.62. The second kappa shape index (κ2) is 6.84. The van der Waals surface area contributed by atoms with Gasteiger partial charge in [-0.1, -0.05) is 30.3 Å². The van der Waals surface area contributed by atoms with Gasteiger partial charge >= 0.3 is 0 Å². The van der Waals surface area contributed by atoms with Crippen LogP contribution in [0.15, 0.2) is 54.6 Å². The predicted octanol–water partition coefficient (Wildman–Crippen LogP) is 2.39. The lowest BCUT2D eigenvalue weighted by Crippen LogP contribution is -2.46. The minimum atomic E-state index is -0.504. The molecule has 0 bridgehead atoms. The van der Waals surface area contributed by atoms with Crippen LogP contribution in [0.5, 0.6) is 0 Å². The molecular formula is C19H20N2O3. The monoisotopic (exact) mass is 324 g/mol. The second-order valence-corrected chi connectivity index (χ2v) is 5.97. The molecule has 0 aliphatic carbocycles. The van der Waals surface area contributed by atoms with E-state index in [9.17, 15) is 9.59 Å². The van der Waals surface area contributed by atoms with E-state index in [-0.39, 0.29) is 18.1 Å². The van der Waals surface area contributed by atoms with Gasteiger partial charge in [-0.25, -0.2) is 0 Å². The number of carbonyl (C=O) groups excluding carboxylic acids is 2. The molecule has 0 radical (unpaired) electrons. The number of morpholine rings is 1. The van der Waals surface area contributed by atoms with Gasteiger partial charge in [-0.2, -0.15) is 0 Å². The van der Waals surface area contributed by atoms with E-state index in [1.807, 2.05) is 42.2 Å². The van der Waals surface area contributed by atoms with Gasteiger partial charge in [0, 0.05) is 17.7 Å². The number of carbonyl (C=O) groups is 2. The van der Waals surface area contributed by atoms with E-state index in [4.69, 9.17) is 10.5 Å². The van der Waals surface area contributed by atoms with Crippen LogP contribution < -0.4 is 5.73 Å². The third-order valence-corrected chi connectivity index (χ3v) is 4.23. The van der Waals surface area contributed by atoms with Crippen molar-refractivity contribution in [3.63, 3.8) is 0 Å². The Balaban J connectivity index is 1.88. The highest BCUT2D eigenvalue weighted by molar-refractivity contribution is 5.97. The first-order valence-electron chi connectivity index (χ1n) is 7.93. The van der Waals surface area contributed by atoms with Crippen LogP contribution in [0.25, 0.3) is 0 Å². The molecule has 0 aromatic heterocycles. The first-order valence-corrected chi connectivity index (χ1v) is 7.93. The lowest BCUT2D eigenvalue weighted by Gasteiger charge is -2.39. The van der Waals surface area contributed by atoms with Crippen LogP contribution in [-0.4, -0.2) is 36.0 Å². The van der Waals surface area contributed by atoms with Gasteiger partial charge in [0.2, 0.25) is 5.91 Å². The van der Waals surface area contributed by atoms with Crippen LogP contribution in [-0.2, 0) is 4.74 Å². The van der Waals surface area contributed by atoms with E-state index >= 15 is 0 Å². The van der Waals surface area contributed by atoms with E-state index in [0.29, 0.717) is 24.3 Å². The van der Waals surface area contributed by atoms with Crippen LogP contribution in [0.3, 0.4) is 0 Å². The number of hydrogen-bond acceptors (Lipinski definition) is 3. The van der Waals surface area contributed by atoms with Crippen LogP contribution in [0.2, 0.25) is 0 Å². The molecule has 2 aromatic carbocycles. The minimum Gasteiger partial charge on any atom is -0.374 e. The molecule has 124 valence electrons. The second-order valence-electron chi connectivity index (χ2n) is 5.97. The van der Waals surface area contributed by atoms with Crippen molar-refractivity contribution in [3.8, 4) is 0 Å². The molecule has 0 spiro atoms. The molecule has 24 heavy (non-hydrogen) atoms. The summed E-state index contributed by atoms with van der Waals surface area (Å²) < 4.78 is 5.76. The van der Waals surface area contributed by atoms with Crippen molar-refractivity contribution in [2.24, 2.45) is 5.73 Å². The van der Waals surface area contributed by atoms with E-state index in [2.05, 4.69) is 0 Å². The van der Waals surface area contributed by atoms with Gasteiger partial charge in [0.1, 0.15) is 0 Å². The molecule has 0 unspecified atom stereocenters. The summed E-state index contributed by atoms with van der Waals surface area (Å²) in [7, 11) is 0. The zero-order valence-corrected chi connectivity index (χ0v) is 13.5. The summed E-state index contributed by atoms with van der Waals surface area (Å²) in [6.45, 7) is 2.95. The average molecular weight is 324 g/mol. The van der Waals surface area contributed by atoms with Gasteiger partial charge in [-0.15, -0.1) is 0 Å². The number of primary amides is 1. The number of amides is 2. The fraction of sp³-hybridized carbons (Fsp3) is 0.263. The smallest absolute Gasteiger partial charge is 0.254 e. The van der Waals surface area contributed by atoms with Gasteiger partial charge in [-0.05, 0) is 36.8 Å². The number of rotatable bonds is 3. The molecule has 1 aliphatic heterocycles. The Labute approximate surface area is 141 Å². The summed E-state index contributed by atoms with van der Waals surface area (Å²) in [4.78, 5) is 26.0. The molecule has 5 heteroatoms. The Morgan fingerprint density at radius 3 is 2.29 bits per heavy atom. The van der Waals surface area contributed by atoms with E-state index in [1.54, 1.807) is 24.3 Å². The molecule has 1 saturated heterocycles. The standard InChI is InChI=1S/C19H20N2O3/c1-13-11-21(17(12-24-13)14-5-3-2-4-6-14)19(23)16-9-7-15(8-10-16)18(20)22/h2-10,13,17H,11-12H2,1H3,(H2,20,22)/t13-,17+/m0/s1. The summed E-state index contributed by atoms with van der Waals surface area (Å²) in [5.74, 6) is -0.578. The van der Waals surface area contributed by atoms with Gasteiger partial charge in [-0.3, -0.25) is 9.59 Å². The predicted molar refractivity (Wildman–Crippen MR) is 90.6 cm³/mol. The van der Waals surface area contributed by atoms with Gasteiger partial charge in [0.15, 0.2) is 0 Å². The summed E-state index contributed by atoms with van der Waals surface area (Å²) in [5, 5.41) is 0. The molecule has 1 fully saturated rings. The third-order valence-electron chi connectivity index (χ3n) is 4.23. The number of nitrogens with two attached hydrogens (primary N) is 1. The Morgan fingerprint density at radius 1 is 1.04 bits per heavy atom. The van der Waals surface area contributed by atoms with Crippen LogP contribution >= 0.6 is 0 Å². The zero-order chi connectivity index (χ0) is 17.1. The molecule has 0 saturated carbocycles. The Morgan fingerprint density at radius 2 is 1.67 bits per heavy atom. The number of hydrogen-bond donors (Lipinski definition) is 1. The van der Waals surface area contributed by atoms with Gasteiger partial charge in [0.05, 0.1) is 18.8 Å². The van der Waals surface area contributed by atoms with Crippen molar-refractivity contribution in [3.05, 3.63) is 71.3 Å². The van der Waals surface area contributed by atoms with Gasteiger partial charge in [0.25, 0.3) is 5.91 Å². The normalized spacial score (nSPS) is 20.6. The summed E-state index contributed by atoms with van der Waals surface area (Å²) in [6.07, 6.45) is -0.0150. The van der Waals surface area contributed by atoms with Crippen LogP contribution in [0.4, 0.5) is 0 Å². The lowest BCUT2D eigenvalue weighted by atomic mass is 10.0. The lowest BCUT2D eigenvalue weighted by molar-refractivity contribution is -0.0447. The van der Waals surface area contributed by atoms with Crippen molar-refractivity contribution in [2.75, 3.05) is 13.2 Å². The van der Waals surface area contributed by atoms with Crippen molar-refractivity contribution >= 4 is 11.8 Å². The molecule has 3 rings (SSSR count). The maximum atomic E-state index is 13.0. The van der Waals surface area contributed by atoms with Gasteiger partial charge < -0.3 is 15.4 Å². The summed E-state index contributed by atoms with van der Waals surface area (Å²) >= 11 is 0. The third kappa shape index (κ3) is 3.31. The Hall–Kier alpha value is -2.66. The van der Waals surface area contributed by atoms with Crippen LogP contribution in [0.1, 0.15) is 39.2 Å². The fourth-order valence-corrected chi connectivity index (χ4v) is 2.92. The summed E-state index contributed by atoms with van der Waals surface area (Å²) in [6, 6.07) is 16.2. The Bertz CT molecular complexity index is 728. The Kier molecular flexibility index (Phi) is 4.62. The largest absolute Gasteiger partial charge is 0.374 e. The topological polar surface area (TPSA) is 72.6 Å². The molecular weight excluding hydrogens is 304 g/mol. The molecule has 1 aliphatic rings. The highest BCUT2D eigenvalue weighted by Gasteiger charge is 2.32. The molecule has 2 aromatic rings. The van der Waals surface area contributed by atoms with E-state index < -0.39 is 5.91 Å².